The molecule has 3 rings (SSSR count). The Morgan fingerprint density at radius 3 is 3.05 bits per heavy atom. The Balaban J connectivity index is 1.96. The number of aryl methyl sites for hydroxylation is 1. The normalized spacial score (nSPS) is 18.3. The van der Waals surface area contributed by atoms with Crippen LogP contribution >= 0.6 is 0 Å². The minimum Gasteiger partial charge on any atom is -0.310 e. The van der Waals surface area contributed by atoms with Crippen molar-refractivity contribution in [3.8, 4) is 5.82 Å². The van der Waals surface area contributed by atoms with Crippen molar-refractivity contribution in [1.82, 2.24) is 25.1 Å². The van der Waals surface area contributed by atoms with E-state index in [2.05, 4.69) is 27.3 Å². The summed E-state index contributed by atoms with van der Waals surface area (Å²) in [5.74, 6) is 0.875. The standard InChI is InChI=1S/C16H23N5/c1-3-8-17-14-6-4-5-7-15-13(14)10-20-21(15)16-9-12(2)18-11-19-16/h9-11,14,17H,3-8H2,1-2H3. The van der Waals surface area contributed by atoms with E-state index in [1.165, 1.54) is 30.5 Å². The molecule has 1 atom stereocenters. The molecule has 0 saturated carbocycles. The fourth-order valence-electron chi connectivity index (χ4n) is 3.01. The fourth-order valence-corrected chi connectivity index (χ4v) is 3.01. The van der Waals surface area contributed by atoms with E-state index in [9.17, 15) is 0 Å². The van der Waals surface area contributed by atoms with Crippen LogP contribution in [0.2, 0.25) is 0 Å². The number of nitrogens with zero attached hydrogens (tertiary/aromatic N) is 4. The minimum atomic E-state index is 0.430. The number of aromatic nitrogens is 4. The predicted octanol–water partition coefficient (Wildman–Crippen LogP) is 2.74. The van der Waals surface area contributed by atoms with Crippen molar-refractivity contribution in [3.63, 3.8) is 0 Å². The Kier molecular flexibility index (Phi) is 4.29. The average molecular weight is 285 g/mol. The third-order valence-corrected chi connectivity index (χ3v) is 4.08. The summed E-state index contributed by atoms with van der Waals surface area (Å²) in [5.41, 5.74) is 3.62. The summed E-state index contributed by atoms with van der Waals surface area (Å²) in [6.45, 7) is 5.25. The van der Waals surface area contributed by atoms with Gasteiger partial charge in [-0.25, -0.2) is 14.6 Å². The van der Waals surface area contributed by atoms with Crippen LogP contribution in [-0.4, -0.2) is 26.3 Å². The molecule has 0 aromatic carbocycles. The van der Waals surface area contributed by atoms with E-state index in [1.54, 1.807) is 6.33 Å². The molecule has 0 aliphatic heterocycles. The van der Waals surface area contributed by atoms with Gasteiger partial charge in [0.25, 0.3) is 0 Å². The Morgan fingerprint density at radius 1 is 1.33 bits per heavy atom. The van der Waals surface area contributed by atoms with Crippen LogP contribution in [0.3, 0.4) is 0 Å². The minimum absolute atomic E-state index is 0.430. The lowest BCUT2D eigenvalue weighted by Crippen LogP contribution is -2.22. The first kappa shape index (κ1) is 14.2. The zero-order valence-corrected chi connectivity index (χ0v) is 12.8. The van der Waals surface area contributed by atoms with Crippen molar-refractivity contribution in [2.45, 2.75) is 52.0 Å². The van der Waals surface area contributed by atoms with Crippen LogP contribution in [0.15, 0.2) is 18.6 Å². The first-order chi connectivity index (χ1) is 10.3. The second-order valence-electron chi connectivity index (χ2n) is 5.73. The van der Waals surface area contributed by atoms with Crippen molar-refractivity contribution in [2.75, 3.05) is 6.54 Å². The molecule has 0 spiro atoms. The van der Waals surface area contributed by atoms with Gasteiger partial charge in [0, 0.05) is 23.4 Å². The molecule has 112 valence electrons. The van der Waals surface area contributed by atoms with E-state index in [1.807, 2.05) is 23.9 Å². The maximum atomic E-state index is 4.60. The Morgan fingerprint density at radius 2 is 2.24 bits per heavy atom. The highest BCUT2D eigenvalue weighted by Crippen LogP contribution is 2.29. The molecule has 0 fully saturated rings. The van der Waals surface area contributed by atoms with Gasteiger partial charge in [-0.3, -0.25) is 0 Å². The molecule has 1 aliphatic carbocycles. The molecule has 0 amide bonds. The van der Waals surface area contributed by atoms with Gasteiger partial charge < -0.3 is 5.32 Å². The zero-order valence-electron chi connectivity index (χ0n) is 12.8. The molecule has 0 bridgehead atoms. The highest BCUT2D eigenvalue weighted by Gasteiger charge is 2.23. The highest BCUT2D eigenvalue weighted by atomic mass is 15.3. The summed E-state index contributed by atoms with van der Waals surface area (Å²) in [6, 6.07) is 2.42. The van der Waals surface area contributed by atoms with Gasteiger partial charge in [-0.1, -0.05) is 13.3 Å². The lowest BCUT2D eigenvalue weighted by atomic mass is 10.1. The second-order valence-corrected chi connectivity index (χ2v) is 5.73. The molecule has 21 heavy (non-hydrogen) atoms. The van der Waals surface area contributed by atoms with Crippen LogP contribution in [0, 0.1) is 6.92 Å². The van der Waals surface area contributed by atoms with E-state index in [0.717, 1.165) is 30.9 Å². The quantitative estimate of drug-likeness (QED) is 0.878. The number of fused-ring (bicyclic) bond motifs is 1. The van der Waals surface area contributed by atoms with E-state index in [0.29, 0.717) is 6.04 Å². The van der Waals surface area contributed by atoms with Gasteiger partial charge in [-0.15, -0.1) is 0 Å². The van der Waals surface area contributed by atoms with Crippen LogP contribution in [0.5, 0.6) is 0 Å². The monoisotopic (exact) mass is 285 g/mol. The van der Waals surface area contributed by atoms with Crippen molar-refractivity contribution in [3.05, 3.63) is 35.5 Å². The van der Waals surface area contributed by atoms with Crippen LogP contribution < -0.4 is 5.32 Å². The molecule has 2 aromatic rings. The summed E-state index contributed by atoms with van der Waals surface area (Å²) < 4.78 is 2.00. The third-order valence-electron chi connectivity index (χ3n) is 4.08. The van der Waals surface area contributed by atoms with Gasteiger partial charge >= 0.3 is 0 Å². The Labute approximate surface area is 125 Å². The average Bonchev–Trinajstić information content (AvgIpc) is 2.80. The predicted molar refractivity (Wildman–Crippen MR) is 82.5 cm³/mol. The van der Waals surface area contributed by atoms with Gasteiger partial charge in [-0.2, -0.15) is 5.10 Å². The molecule has 1 aliphatic rings. The van der Waals surface area contributed by atoms with Crippen LogP contribution in [0.4, 0.5) is 0 Å². The van der Waals surface area contributed by atoms with E-state index < -0.39 is 0 Å². The van der Waals surface area contributed by atoms with Crippen LogP contribution in [-0.2, 0) is 6.42 Å². The SMILES string of the molecule is CCCNC1CCCCc2c1cnn2-c1cc(C)ncn1. The van der Waals surface area contributed by atoms with E-state index in [-0.39, 0.29) is 0 Å². The van der Waals surface area contributed by atoms with Gasteiger partial charge in [-0.05, 0) is 39.2 Å². The Hall–Kier alpha value is -1.75. The van der Waals surface area contributed by atoms with E-state index in [4.69, 9.17) is 0 Å². The molecular weight excluding hydrogens is 262 g/mol. The van der Waals surface area contributed by atoms with Crippen molar-refractivity contribution in [2.24, 2.45) is 0 Å². The highest BCUT2D eigenvalue weighted by molar-refractivity contribution is 5.32. The molecule has 1 unspecified atom stereocenters. The van der Waals surface area contributed by atoms with Crippen molar-refractivity contribution in [1.29, 1.82) is 0 Å². The summed E-state index contributed by atoms with van der Waals surface area (Å²) in [4.78, 5) is 8.55. The molecule has 5 heteroatoms. The van der Waals surface area contributed by atoms with Gasteiger partial charge in [0.05, 0.1) is 11.9 Å². The first-order valence-electron chi connectivity index (χ1n) is 7.88. The molecule has 1 N–H and O–H groups in total. The van der Waals surface area contributed by atoms with E-state index >= 15 is 0 Å². The maximum absolute atomic E-state index is 4.60. The largest absolute Gasteiger partial charge is 0.310 e. The molecule has 0 radical (unpaired) electrons. The zero-order chi connectivity index (χ0) is 14.7. The maximum Gasteiger partial charge on any atom is 0.157 e. The third kappa shape index (κ3) is 2.97. The summed E-state index contributed by atoms with van der Waals surface area (Å²) in [7, 11) is 0. The smallest absolute Gasteiger partial charge is 0.157 e. The number of hydrogen-bond acceptors (Lipinski definition) is 4. The molecule has 0 saturated heterocycles. The summed E-state index contributed by atoms with van der Waals surface area (Å²) >= 11 is 0. The van der Waals surface area contributed by atoms with Crippen molar-refractivity contribution < 1.29 is 0 Å². The van der Waals surface area contributed by atoms with Gasteiger partial charge in [0.2, 0.25) is 0 Å². The van der Waals surface area contributed by atoms with Crippen LogP contribution in [0.1, 0.15) is 55.6 Å². The molecule has 2 heterocycles. The van der Waals surface area contributed by atoms with Gasteiger partial charge in [0.1, 0.15) is 6.33 Å². The molecule has 2 aromatic heterocycles. The molecule has 5 nitrogen and oxygen atoms in total. The lowest BCUT2D eigenvalue weighted by Gasteiger charge is -2.16. The summed E-state index contributed by atoms with van der Waals surface area (Å²) in [5, 5.41) is 8.25. The number of hydrogen-bond donors (Lipinski definition) is 1. The van der Waals surface area contributed by atoms with Crippen molar-refractivity contribution >= 4 is 0 Å². The lowest BCUT2D eigenvalue weighted by molar-refractivity contribution is 0.489. The fraction of sp³-hybridized carbons (Fsp3) is 0.562. The Bertz CT molecular complexity index is 604. The number of nitrogens with one attached hydrogen (secondary N) is 1. The summed E-state index contributed by atoms with van der Waals surface area (Å²) in [6.07, 6.45) is 9.54. The topological polar surface area (TPSA) is 55.6 Å². The number of rotatable bonds is 4. The first-order valence-corrected chi connectivity index (χ1v) is 7.88. The van der Waals surface area contributed by atoms with Crippen LogP contribution in [0.25, 0.3) is 5.82 Å². The van der Waals surface area contributed by atoms with Gasteiger partial charge in [0.15, 0.2) is 5.82 Å². The molecular formula is C16H23N5. The second kappa shape index (κ2) is 6.35.